The predicted molar refractivity (Wildman–Crippen MR) is 104 cm³/mol. The molecule has 0 unspecified atom stereocenters. The summed E-state index contributed by atoms with van der Waals surface area (Å²) in [7, 11) is 0. The second-order valence-corrected chi connectivity index (χ2v) is 7.94. The summed E-state index contributed by atoms with van der Waals surface area (Å²) in [6.07, 6.45) is 8.80. The molecule has 4 nitrogen and oxygen atoms in total. The number of unbranched alkanes of at least 4 members (excludes halogenated alkanes) is 2. The van der Waals surface area contributed by atoms with Gasteiger partial charge in [-0.15, -0.1) is 0 Å². The van der Waals surface area contributed by atoms with Crippen LogP contribution in [0.4, 0.5) is 5.88 Å². The molecule has 130 valence electrons. The molecule has 24 heavy (non-hydrogen) atoms. The molecule has 1 aromatic heterocycles. The number of thioether (sulfide) groups is 1. The van der Waals surface area contributed by atoms with Gasteiger partial charge in [-0.3, -0.25) is 9.69 Å². The van der Waals surface area contributed by atoms with Crippen LogP contribution in [0.5, 0.6) is 0 Å². The Bertz CT molecular complexity index is 633. The third-order valence-electron chi connectivity index (χ3n) is 4.41. The average molecular weight is 365 g/mol. The van der Waals surface area contributed by atoms with Gasteiger partial charge in [0.2, 0.25) is 0 Å². The van der Waals surface area contributed by atoms with Crippen LogP contribution in [0.3, 0.4) is 0 Å². The summed E-state index contributed by atoms with van der Waals surface area (Å²) in [6.45, 7) is 4.97. The first kappa shape index (κ1) is 17.5. The van der Waals surface area contributed by atoms with Gasteiger partial charge in [0.15, 0.2) is 5.88 Å². The molecule has 0 spiro atoms. The van der Waals surface area contributed by atoms with Crippen molar-refractivity contribution in [3.05, 3.63) is 22.8 Å². The molecule has 0 N–H and O–H groups in total. The van der Waals surface area contributed by atoms with Gasteiger partial charge in [0.25, 0.3) is 5.91 Å². The molecule has 0 atom stereocenters. The molecular formula is C18H24N2O2S2. The monoisotopic (exact) mass is 364 g/mol. The maximum absolute atomic E-state index is 12.5. The molecule has 6 heteroatoms. The number of carbonyl (C=O) groups is 1. The summed E-state index contributed by atoms with van der Waals surface area (Å²) in [6, 6.07) is 3.94. The van der Waals surface area contributed by atoms with Crippen molar-refractivity contribution in [2.45, 2.75) is 45.4 Å². The van der Waals surface area contributed by atoms with Crippen LogP contribution < -0.4 is 4.90 Å². The zero-order valence-corrected chi connectivity index (χ0v) is 15.8. The van der Waals surface area contributed by atoms with Crippen LogP contribution in [-0.4, -0.2) is 34.8 Å². The van der Waals surface area contributed by atoms with E-state index in [1.807, 2.05) is 18.2 Å². The molecule has 1 amide bonds. The number of anilines is 1. The topological polar surface area (TPSA) is 36.7 Å². The molecule has 2 aliphatic rings. The number of amides is 1. The number of thiocarbonyl (C=S) groups is 1. The van der Waals surface area contributed by atoms with Crippen LogP contribution in [0.25, 0.3) is 6.08 Å². The highest BCUT2D eigenvalue weighted by Gasteiger charge is 2.31. The van der Waals surface area contributed by atoms with Crippen molar-refractivity contribution in [3.8, 4) is 0 Å². The lowest BCUT2D eigenvalue weighted by Gasteiger charge is -2.25. The van der Waals surface area contributed by atoms with Crippen molar-refractivity contribution in [1.82, 2.24) is 4.90 Å². The standard InChI is InChI=1S/C18H24N2O2S2/c1-2-3-5-12-20-17(21)15(24-18(20)23)13-14-8-9-16(22-14)19-10-6-4-7-11-19/h8-9,13H,2-7,10-12H2,1H3/b15-13-. The molecule has 1 aromatic rings. The Balaban J connectivity index is 1.66. The van der Waals surface area contributed by atoms with E-state index in [2.05, 4.69) is 11.8 Å². The van der Waals surface area contributed by atoms with Gasteiger partial charge in [-0.1, -0.05) is 43.7 Å². The average Bonchev–Trinajstić information content (AvgIpc) is 3.16. The molecule has 0 aliphatic carbocycles. The molecule has 3 heterocycles. The number of furan rings is 1. The molecule has 0 aromatic carbocycles. The van der Waals surface area contributed by atoms with E-state index in [0.29, 0.717) is 15.8 Å². The van der Waals surface area contributed by atoms with Gasteiger partial charge in [-0.2, -0.15) is 0 Å². The molecule has 0 radical (unpaired) electrons. The third-order valence-corrected chi connectivity index (χ3v) is 5.79. The van der Waals surface area contributed by atoms with Crippen molar-refractivity contribution in [3.63, 3.8) is 0 Å². The van der Waals surface area contributed by atoms with Crippen molar-refractivity contribution >= 4 is 46.2 Å². The Labute approximate surface area is 153 Å². The van der Waals surface area contributed by atoms with E-state index in [1.54, 1.807) is 4.90 Å². The van der Waals surface area contributed by atoms with Crippen molar-refractivity contribution < 1.29 is 9.21 Å². The number of hydrogen-bond donors (Lipinski definition) is 0. The lowest BCUT2D eigenvalue weighted by atomic mass is 10.1. The molecular weight excluding hydrogens is 340 g/mol. The second kappa shape index (κ2) is 8.21. The maximum Gasteiger partial charge on any atom is 0.266 e. The summed E-state index contributed by atoms with van der Waals surface area (Å²) < 4.78 is 6.58. The molecule has 2 saturated heterocycles. The van der Waals surface area contributed by atoms with Crippen LogP contribution in [-0.2, 0) is 4.79 Å². The minimum Gasteiger partial charge on any atom is -0.441 e. The van der Waals surface area contributed by atoms with Crippen LogP contribution in [0.1, 0.15) is 51.2 Å². The maximum atomic E-state index is 12.5. The zero-order valence-electron chi connectivity index (χ0n) is 14.1. The fourth-order valence-corrected chi connectivity index (χ4v) is 4.33. The van der Waals surface area contributed by atoms with E-state index in [4.69, 9.17) is 16.6 Å². The van der Waals surface area contributed by atoms with Crippen molar-refractivity contribution in [2.75, 3.05) is 24.5 Å². The fourth-order valence-electron chi connectivity index (χ4n) is 3.05. The minimum absolute atomic E-state index is 0.0111. The first-order chi connectivity index (χ1) is 11.7. The smallest absolute Gasteiger partial charge is 0.266 e. The predicted octanol–water partition coefficient (Wildman–Crippen LogP) is 4.66. The summed E-state index contributed by atoms with van der Waals surface area (Å²) in [5, 5.41) is 0. The number of carbonyl (C=O) groups excluding carboxylic acids is 1. The van der Waals surface area contributed by atoms with Gasteiger partial charge < -0.3 is 9.32 Å². The van der Waals surface area contributed by atoms with E-state index < -0.39 is 0 Å². The van der Waals surface area contributed by atoms with Crippen LogP contribution in [0.2, 0.25) is 0 Å². The van der Waals surface area contributed by atoms with E-state index in [-0.39, 0.29) is 5.91 Å². The number of nitrogens with zero attached hydrogens (tertiary/aromatic N) is 2. The summed E-state index contributed by atoms with van der Waals surface area (Å²) in [5.41, 5.74) is 0. The van der Waals surface area contributed by atoms with Gasteiger partial charge in [0.05, 0.1) is 4.91 Å². The van der Waals surface area contributed by atoms with E-state index in [0.717, 1.165) is 44.0 Å². The lowest BCUT2D eigenvalue weighted by Crippen LogP contribution is -2.29. The Kier molecular flexibility index (Phi) is 6.00. The van der Waals surface area contributed by atoms with Gasteiger partial charge in [-0.05, 0) is 31.7 Å². The normalized spacial score (nSPS) is 20.5. The van der Waals surface area contributed by atoms with Gasteiger partial charge in [-0.25, -0.2) is 0 Å². The highest BCUT2D eigenvalue weighted by molar-refractivity contribution is 8.26. The van der Waals surface area contributed by atoms with Gasteiger partial charge >= 0.3 is 0 Å². The third kappa shape index (κ3) is 4.03. The first-order valence-corrected chi connectivity index (χ1v) is 10.0. The summed E-state index contributed by atoms with van der Waals surface area (Å²) in [5.74, 6) is 1.64. The highest BCUT2D eigenvalue weighted by Crippen LogP contribution is 2.33. The number of rotatable bonds is 6. The fraction of sp³-hybridized carbons (Fsp3) is 0.556. The molecule has 3 rings (SSSR count). The SMILES string of the molecule is CCCCCN1C(=O)/C(=C/c2ccc(N3CCCCC3)o2)SC1=S. The zero-order chi connectivity index (χ0) is 16.9. The highest BCUT2D eigenvalue weighted by atomic mass is 32.2. The van der Waals surface area contributed by atoms with Crippen molar-refractivity contribution in [2.24, 2.45) is 0 Å². The van der Waals surface area contributed by atoms with Crippen molar-refractivity contribution in [1.29, 1.82) is 0 Å². The van der Waals surface area contributed by atoms with Crippen LogP contribution >= 0.6 is 24.0 Å². The van der Waals surface area contributed by atoms with E-state index in [1.165, 1.54) is 31.0 Å². The van der Waals surface area contributed by atoms with Gasteiger partial charge in [0.1, 0.15) is 10.1 Å². The number of piperidine rings is 1. The minimum atomic E-state index is 0.0111. The molecule has 2 fully saturated rings. The van der Waals surface area contributed by atoms with E-state index >= 15 is 0 Å². The molecule has 2 aliphatic heterocycles. The summed E-state index contributed by atoms with van der Waals surface area (Å²) in [4.78, 5) is 17.2. The Morgan fingerprint density at radius 3 is 2.79 bits per heavy atom. The Morgan fingerprint density at radius 2 is 2.04 bits per heavy atom. The Morgan fingerprint density at radius 1 is 1.25 bits per heavy atom. The Hall–Kier alpha value is -1.27. The first-order valence-electron chi connectivity index (χ1n) is 8.79. The number of hydrogen-bond acceptors (Lipinski definition) is 5. The van der Waals surface area contributed by atoms with Crippen LogP contribution in [0, 0.1) is 0 Å². The van der Waals surface area contributed by atoms with E-state index in [9.17, 15) is 4.79 Å². The largest absolute Gasteiger partial charge is 0.441 e. The molecule has 0 bridgehead atoms. The molecule has 0 saturated carbocycles. The quantitative estimate of drug-likeness (QED) is 0.417. The summed E-state index contributed by atoms with van der Waals surface area (Å²) >= 11 is 6.73. The van der Waals surface area contributed by atoms with Gasteiger partial charge in [0, 0.05) is 31.8 Å². The lowest BCUT2D eigenvalue weighted by molar-refractivity contribution is -0.122. The van der Waals surface area contributed by atoms with Crippen LogP contribution in [0.15, 0.2) is 21.5 Å². The second-order valence-electron chi connectivity index (χ2n) is 6.26.